The number of piperazine rings is 1. The summed E-state index contributed by atoms with van der Waals surface area (Å²) in [4.78, 5) is 30.5. The molecule has 1 amide bonds. The number of rotatable bonds is 6. The fraction of sp³-hybridized carbons (Fsp3) is 0.737. The molecule has 2 atom stereocenters. The molecule has 150 valence electrons. The molecule has 0 saturated carbocycles. The van der Waals surface area contributed by atoms with Gasteiger partial charge in [0, 0.05) is 57.8 Å². The van der Waals surface area contributed by atoms with Crippen LogP contribution in [-0.4, -0.2) is 89.2 Å². The van der Waals surface area contributed by atoms with Crippen LogP contribution in [-0.2, 0) is 16.0 Å². The van der Waals surface area contributed by atoms with E-state index in [0.717, 1.165) is 38.3 Å². The number of nitrogens with zero attached hydrogens (tertiary/aromatic N) is 4. The third-order valence-corrected chi connectivity index (χ3v) is 5.78. The van der Waals surface area contributed by atoms with Crippen molar-refractivity contribution in [1.29, 1.82) is 0 Å². The fourth-order valence-electron chi connectivity index (χ4n) is 4.23. The quantitative estimate of drug-likeness (QED) is 0.785. The first-order chi connectivity index (χ1) is 12.9. The minimum Gasteiger partial charge on any atom is -0.481 e. The van der Waals surface area contributed by atoms with Gasteiger partial charge in [-0.15, -0.1) is 0 Å². The van der Waals surface area contributed by atoms with Crippen LogP contribution in [0.3, 0.4) is 0 Å². The number of likely N-dealkylation sites (tertiary alicyclic amines) is 1. The van der Waals surface area contributed by atoms with Crippen molar-refractivity contribution in [3.8, 4) is 0 Å². The number of carbonyl (C=O) groups excluding carboxylic acids is 1. The normalized spacial score (nSPS) is 24.9. The van der Waals surface area contributed by atoms with Crippen LogP contribution < -0.4 is 0 Å². The summed E-state index contributed by atoms with van der Waals surface area (Å²) in [6.07, 6.45) is 1.87. The second-order valence-electron chi connectivity index (χ2n) is 7.84. The SMILES string of the molecule is Cc1cc(CC(=O)N2CC[C@H](N3CCN(C)CC3)[C@H](CCC(=O)O)C2)on1. The number of aliphatic carboxylic acids is 1. The van der Waals surface area contributed by atoms with E-state index in [1.165, 1.54) is 0 Å². The minimum absolute atomic E-state index is 0.0308. The van der Waals surface area contributed by atoms with Gasteiger partial charge in [-0.25, -0.2) is 0 Å². The molecule has 1 N–H and O–H groups in total. The molecule has 0 spiro atoms. The Morgan fingerprint density at radius 2 is 2.00 bits per heavy atom. The molecule has 8 nitrogen and oxygen atoms in total. The van der Waals surface area contributed by atoms with E-state index in [2.05, 4.69) is 22.0 Å². The maximum atomic E-state index is 12.7. The Hall–Kier alpha value is -1.93. The van der Waals surface area contributed by atoms with Gasteiger partial charge < -0.3 is 19.4 Å². The Morgan fingerprint density at radius 1 is 1.26 bits per heavy atom. The molecular weight excluding hydrogens is 348 g/mol. The zero-order valence-electron chi connectivity index (χ0n) is 16.3. The van der Waals surface area contributed by atoms with Gasteiger partial charge in [0.25, 0.3) is 0 Å². The first-order valence-electron chi connectivity index (χ1n) is 9.76. The maximum Gasteiger partial charge on any atom is 0.303 e. The monoisotopic (exact) mass is 378 g/mol. The first-order valence-corrected chi connectivity index (χ1v) is 9.76. The lowest BCUT2D eigenvalue weighted by molar-refractivity contribution is -0.137. The van der Waals surface area contributed by atoms with Crippen molar-refractivity contribution in [2.24, 2.45) is 5.92 Å². The van der Waals surface area contributed by atoms with E-state index in [9.17, 15) is 9.59 Å². The second-order valence-corrected chi connectivity index (χ2v) is 7.84. The van der Waals surface area contributed by atoms with Gasteiger partial charge in [0.1, 0.15) is 5.76 Å². The van der Waals surface area contributed by atoms with E-state index >= 15 is 0 Å². The van der Waals surface area contributed by atoms with E-state index in [4.69, 9.17) is 9.63 Å². The van der Waals surface area contributed by atoms with E-state index < -0.39 is 5.97 Å². The summed E-state index contributed by atoms with van der Waals surface area (Å²) in [6.45, 7) is 7.26. The number of piperidine rings is 1. The van der Waals surface area contributed by atoms with Crippen LogP contribution in [0.1, 0.15) is 30.7 Å². The van der Waals surface area contributed by atoms with Crippen molar-refractivity contribution in [3.05, 3.63) is 17.5 Å². The molecule has 2 fully saturated rings. The molecule has 27 heavy (non-hydrogen) atoms. The van der Waals surface area contributed by atoms with Crippen molar-refractivity contribution in [3.63, 3.8) is 0 Å². The van der Waals surface area contributed by atoms with Gasteiger partial charge in [-0.1, -0.05) is 5.16 Å². The van der Waals surface area contributed by atoms with Crippen molar-refractivity contribution in [1.82, 2.24) is 19.9 Å². The summed E-state index contributed by atoms with van der Waals surface area (Å²) in [7, 11) is 2.13. The van der Waals surface area contributed by atoms with Crippen molar-refractivity contribution in [2.45, 2.75) is 38.6 Å². The molecule has 1 aromatic rings. The molecule has 0 radical (unpaired) electrons. The van der Waals surface area contributed by atoms with Crippen LogP contribution in [0.4, 0.5) is 0 Å². The lowest BCUT2D eigenvalue weighted by Crippen LogP contribution is -2.57. The highest BCUT2D eigenvalue weighted by Crippen LogP contribution is 2.27. The molecule has 1 aromatic heterocycles. The largest absolute Gasteiger partial charge is 0.481 e. The summed E-state index contributed by atoms with van der Waals surface area (Å²) in [5.74, 6) is 0.0375. The van der Waals surface area contributed by atoms with Crippen molar-refractivity contribution < 1.29 is 19.2 Å². The zero-order valence-corrected chi connectivity index (χ0v) is 16.3. The summed E-state index contributed by atoms with van der Waals surface area (Å²) in [6, 6.07) is 2.14. The highest BCUT2D eigenvalue weighted by molar-refractivity contribution is 5.78. The molecule has 2 saturated heterocycles. The second kappa shape index (κ2) is 8.84. The fourth-order valence-corrected chi connectivity index (χ4v) is 4.23. The van der Waals surface area contributed by atoms with E-state index in [1.807, 2.05) is 11.8 Å². The molecule has 2 aliphatic rings. The number of likely N-dealkylation sites (N-methyl/N-ethyl adjacent to an activating group) is 1. The van der Waals surface area contributed by atoms with Crippen LogP contribution in [0, 0.1) is 12.8 Å². The first kappa shape index (κ1) is 19.8. The number of aryl methyl sites for hydroxylation is 1. The zero-order chi connectivity index (χ0) is 19.4. The number of aromatic nitrogens is 1. The number of carbonyl (C=O) groups is 2. The van der Waals surface area contributed by atoms with E-state index in [0.29, 0.717) is 31.3 Å². The Bertz CT molecular complexity index is 654. The molecule has 0 bridgehead atoms. The Kier molecular flexibility index (Phi) is 6.49. The number of amides is 1. The third kappa shape index (κ3) is 5.29. The average molecular weight is 378 g/mol. The predicted molar refractivity (Wildman–Crippen MR) is 99.4 cm³/mol. The highest BCUT2D eigenvalue weighted by Gasteiger charge is 2.36. The lowest BCUT2D eigenvalue weighted by atomic mass is 9.86. The van der Waals surface area contributed by atoms with Crippen LogP contribution in [0.2, 0.25) is 0 Å². The summed E-state index contributed by atoms with van der Waals surface area (Å²) in [5, 5.41) is 13.0. The number of carboxylic acid groups (broad SMARTS) is 1. The molecule has 0 aliphatic carbocycles. The van der Waals surface area contributed by atoms with Gasteiger partial charge in [-0.05, 0) is 32.7 Å². The molecular formula is C19H30N4O4. The molecule has 0 aromatic carbocycles. The Morgan fingerprint density at radius 3 is 2.63 bits per heavy atom. The number of hydrogen-bond acceptors (Lipinski definition) is 6. The smallest absolute Gasteiger partial charge is 0.303 e. The van der Waals surface area contributed by atoms with Crippen molar-refractivity contribution in [2.75, 3.05) is 46.3 Å². The van der Waals surface area contributed by atoms with E-state index in [1.54, 1.807) is 6.07 Å². The Balaban J connectivity index is 1.62. The van der Waals surface area contributed by atoms with Gasteiger partial charge in [0.15, 0.2) is 0 Å². The molecule has 0 unspecified atom stereocenters. The Labute approximate surface area is 160 Å². The summed E-state index contributed by atoms with van der Waals surface area (Å²) < 4.78 is 5.17. The van der Waals surface area contributed by atoms with Gasteiger partial charge in [-0.2, -0.15) is 0 Å². The van der Waals surface area contributed by atoms with Crippen LogP contribution in [0.15, 0.2) is 10.6 Å². The van der Waals surface area contributed by atoms with Gasteiger partial charge >= 0.3 is 5.97 Å². The molecule has 2 aliphatic heterocycles. The maximum absolute atomic E-state index is 12.7. The topological polar surface area (TPSA) is 90.1 Å². The number of carboxylic acids is 1. The van der Waals surface area contributed by atoms with Gasteiger partial charge in [0.05, 0.1) is 12.1 Å². The average Bonchev–Trinajstić information content (AvgIpc) is 3.05. The van der Waals surface area contributed by atoms with Gasteiger partial charge in [-0.3, -0.25) is 14.5 Å². The van der Waals surface area contributed by atoms with Gasteiger partial charge in [0.2, 0.25) is 5.91 Å². The van der Waals surface area contributed by atoms with Crippen molar-refractivity contribution >= 4 is 11.9 Å². The lowest BCUT2D eigenvalue weighted by Gasteiger charge is -2.46. The van der Waals surface area contributed by atoms with E-state index in [-0.39, 0.29) is 24.7 Å². The standard InChI is InChI=1S/C19H30N4O4/c1-14-11-16(27-20-14)12-18(24)23-6-5-17(15(13-23)3-4-19(25)26)22-9-7-21(2)8-10-22/h11,15,17H,3-10,12-13H2,1-2H3,(H,25,26)/t15-,17+/m1/s1. The highest BCUT2D eigenvalue weighted by atomic mass is 16.5. The van der Waals surface area contributed by atoms with Crippen LogP contribution in [0.25, 0.3) is 0 Å². The van der Waals surface area contributed by atoms with Crippen LogP contribution >= 0.6 is 0 Å². The summed E-state index contributed by atoms with van der Waals surface area (Å²) in [5.41, 5.74) is 0.769. The molecule has 3 heterocycles. The summed E-state index contributed by atoms with van der Waals surface area (Å²) >= 11 is 0. The molecule has 3 rings (SSSR count). The third-order valence-electron chi connectivity index (χ3n) is 5.78. The molecule has 8 heteroatoms. The predicted octanol–water partition coefficient (Wildman–Crippen LogP) is 0.855. The number of hydrogen-bond donors (Lipinski definition) is 1. The van der Waals surface area contributed by atoms with Crippen LogP contribution in [0.5, 0.6) is 0 Å². The minimum atomic E-state index is -0.771.